The van der Waals surface area contributed by atoms with Crippen molar-refractivity contribution in [1.82, 2.24) is 10.9 Å². The number of ether oxygens (including phenoxy) is 1. The fourth-order valence-corrected chi connectivity index (χ4v) is 4.39. The van der Waals surface area contributed by atoms with Crippen molar-refractivity contribution in [2.75, 3.05) is 6.61 Å². The van der Waals surface area contributed by atoms with E-state index in [9.17, 15) is 14.4 Å². The van der Waals surface area contributed by atoms with Gasteiger partial charge >= 0.3 is 5.97 Å². The van der Waals surface area contributed by atoms with Crippen LogP contribution in [0.5, 0.6) is 0 Å². The number of nitrogens with one attached hydrogen (secondary N) is 2. The van der Waals surface area contributed by atoms with E-state index in [-0.39, 0.29) is 5.97 Å². The van der Waals surface area contributed by atoms with Gasteiger partial charge in [0.2, 0.25) is 0 Å². The van der Waals surface area contributed by atoms with Gasteiger partial charge in [0.15, 0.2) is 6.61 Å². The number of rotatable bonds is 5. The van der Waals surface area contributed by atoms with Gasteiger partial charge in [0.1, 0.15) is 0 Å². The highest BCUT2D eigenvalue weighted by Gasteiger charge is 2.40. The highest BCUT2D eigenvalue weighted by molar-refractivity contribution is 9.10. The van der Waals surface area contributed by atoms with Gasteiger partial charge in [0.25, 0.3) is 11.8 Å². The van der Waals surface area contributed by atoms with E-state index in [1.165, 1.54) is 19.3 Å². The molecule has 0 radical (unpaired) electrons. The number of carbonyl (C=O) groups excluding carboxylic acids is 3. The Morgan fingerprint density at radius 3 is 2.60 bits per heavy atom. The molecular formula is C18H21BrN2O4. The molecule has 2 aliphatic rings. The van der Waals surface area contributed by atoms with Gasteiger partial charge in [-0.05, 0) is 65.1 Å². The number of esters is 1. The van der Waals surface area contributed by atoms with Crippen molar-refractivity contribution in [1.29, 1.82) is 0 Å². The molecule has 0 spiro atoms. The lowest BCUT2D eigenvalue weighted by Crippen LogP contribution is -2.43. The summed E-state index contributed by atoms with van der Waals surface area (Å²) in [5, 5.41) is 0. The number of fused-ring (bicyclic) bond motifs is 2. The normalized spacial score (nSPS) is 24.0. The Labute approximate surface area is 154 Å². The summed E-state index contributed by atoms with van der Waals surface area (Å²) >= 11 is 3.27. The van der Waals surface area contributed by atoms with E-state index in [1.807, 2.05) is 0 Å². The summed E-state index contributed by atoms with van der Waals surface area (Å²) in [7, 11) is 0. The fraction of sp³-hybridized carbons (Fsp3) is 0.500. The molecule has 0 saturated heterocycles. The van der Waals surface area contributed by atoms with Crippen molar-refractivity contribution in [3.8, 4) is 0 Å². The van der Waals surface area contributed by atoms with E-state index < -0.39 is 18.4 Å². The van der Waals surface area contributed by atoms with Crippen molar-refractivity contribution in [2.24, 2.45) is 17.8 Å². The SMILES string of the molecule is O=C(COC(=O)C[C@H]1C[C@@H]2CC[C@@H]1C2)NNC(=O)c1ccccc1Br. The summed E-state index contributed by atoms with van der Waals surface area (Å²) in [6.07, 6.45) is 5.23. The Balaban J connectivity index is 1.36. The third kappa shape index (κ3) is 4.60. The fourth-order valence-electron chi connectivity index (χ4n) is 3.92. The lowest BCUT2D eigenvalue weighted by atomic mass is 9.86. The highest BCUT2D eigenvalue weighted by Crippen LogP contribution is 2.49. The number of hydrogen-bond acceptors (Lipinski definition) is 4. The molecule has 2 bridgehead atoms. The molecule has 2 N–H and O–H groups in total. The third-order valence-corrected chi connectivity index (χ3v) is 5.80. The van der Waals surface area contributed by atoms with Crippen LogP contribution in [0.2, 0.25) is 0 Å². The molecule has 6 nitrogen and oxygen atoms in total. The van der Waals surface area contributed by atoms with Crippen LogP contribution >= 0.6 is 15.9 Å². The first-order valence-electron chi connectivity index (χ1n) is 8.52. The number of benzene rings is 1. The van der Waals surface area contributed by atoms with Crippen LogP contribution in [-0.2, 0) is 14.3 Å². The molecule has 2 fully saturated rings. The molecule has 2 saturated carbocycles. The molecule has 25 heavy (non-hydrogen) atoms. The third-order valence-electron chi connectivity index (χ3n) is 5.11. The van der Waals surface area contributed by atoms with Crippen molar-refractivity contribution >= 4 is 33.7 Å². The van der Waals surface area contributed by atoms with Gasteiger partial charge in [-0.3, -0.25) is 25.2 Å². The van der Waals surface area contributed by atoms with Crippen LogP contribution in [0.25, 0.3) is 0 Å². The monoisotopic (exact) mass is 408 g/mol. The second-order valence-electron chi connectivity index (χ2n) is 6.78. The lowest BCUT2D eigenvalue weighted by Gasteiger charge is -2.20. The summed E-state index contributed by atoms with van der Waals surface area (Å²) in [6, 6.07) is 6.86. The Kier molecular flexibility index (Phi) is 5.73. The summed E-state index contributed by atoms with van der Waals surface area (Å²) < 4.78 is 5.65. The summed E-state index contributed by atoms with van der Waals surface area (Å²) in [5.74, 6) is 0.471. The smallest absolute Gasteiger partial charge is 0.306 e. The molecular weight excluding hydrogens is 388 g/mol. The van der Waals surface area contributed by atoms with Gasteiger partial charge in [-0.25, -0.2) is 0 Å². The number of carbonyl (C=O) groups is 3. The number of hydrogen-bond donors (Lipinski definition) is 2. The zero-order valence-corrected chi connectivity index (χ0v) is 15.4. The quantitative estimate of drug-likeness (QED) is 0.579. The molecule has 1 aromatic carbocycles. The van der Waals surface area contributed by atoms with Gasteiger partial charge in [-0.1, -0.05) is 18.6 Å². The first-order valence-corrected chi connectivity index (χ1v) is 9.31. The van der Waals surface area contributed by atoms with Crippen molar-refractivity contribution < 1.29 is 19.1 Å². The van der Waals surface area contributed by atoms with Crippen molar-refractivity contribution in [3.05, 3.63) is 34.3 Å². The largest absolute Gasteiger partial charge is 0.455 e. The van der Waals surface area contributed by atoms with Crippen LogP contribution in [0.1, 0.15) is 42.5 Å². The average molecular weight is 409 g/mol. The molecule has 1 aromatic rings. The van der Waals surface area contributed by atoms with Crippen LogP contribution in [-0.4, -0.2) is 24.4 Å². The Morgan fingerprint density at radius 1 is 1.12 bits per heavy atom. The second kappa shape index (κ2) is 7.99. The highest BCUT2D eigenvalue weighted by atomic mass is 79.9. The second-order valence-corrected chi connectivity index (χ2v) is 7.64. The predicted molar refractivity (Wildman–Crippen MR) is 94.3 cm³/mol. The van der Waals surface area contributed by atoms with E-state index in [0.29, 0.717) is 28.3 Å². The summed E-state index contributed by atoms with van der Waals surface area (Å²) in [4.78, 5) is 35.6. The molecule has 2 aliphatic carbocycles. The number of amides is 2. The van der Waals surface area contributed by atoms with Crippen molar-refractivity contribution in [2.45, 2.75) is 32.1 Å². The molecule has 0 aromatic heterocycles. The first kappa shape index (κ1) is 17.9. The van der Waals surface area contributed by atoms with E-state index in [2.05, 4.69) is 26.8 Å². The van der Waals surface area contributed by atoms with Crippen molar-refractivity contribution in [3.63, 3.8) is 0 Å². The minimum Gasteiger partial charge on any atom is -0.455 e. The zero-order valence-electron chi connectivity index (χ0n) is 13.8. The standard InChI is InChI=1S/C18H21BrN2O4/c19-15-4-2-1-3-14(15)18(24)21-20-16(22)10-25-17(23)9-13-8-11-5-6-12(13)7-11/h1-4,11-13H,5-10H2,(H,20,22)(H,21,24)/t11-,12-,13-/m1/s1. The molecule has 134 valence electrons. The minimum atomic E-state index is -0.568. The van der Waals surface area contributed by atoms with E-state index in [1.54, 1.807) is 24.3 Å². The molecule has 0 aliphatic heterocycles. The van der Waals surface area contributed by atoms with Crippen LogP contribution < -0.4 is 10.9 Å². The molecule has 3 atom stereocenters. The first-order chi connectivity index (χ1) is 12.0. The van der Waals surface area contributed by atoms with Gasteiger partial charge in [-0.15, -0.1) is 0 Å². The topological polar surface area (TPSA) is 84.5 Å². The van der Waals surface area contributed by atoms with Crippen LogP contribution in [0.4, 0.5) is 0 Å². The van der Waals surface area contributed by atoms with Crippen LogP contribution in [0, 0.1) is 17.8 Å². The Hall–Kier alpha value is -1.89. The van der Waals surface area contributed by atoms with E-state index in [0.717, 1.165) is 12.3 Å². The maximum Gasteiger partial charge on any atom is 0.306 e. The van der Waals surface area contributed by atoms with E-state index in [4.69, 9.17) is 4.74 Å². The molecule has 0 heterocycles. The van der Waals surface area contributed by atoms with Crippen LogP contribution in [0.3, 0.4) is 0 Å². The Morgan fingerprint density at radius 2 is 1.92 bits per heavy atom. The zero-order chi connectivity index (χ0) is 17.8. The summed E-state index contributed by atoms with van der Waals surface area (Å²) in [6.45, 7) is -0.393. The van der Waals surface area contributed by atoms with E-state index >= 15 is 0 Å². The number of halogens is 1. The molecule has 2 amide bonds. The molecule has 0 unspecified atom stereocenters. The molecule has 3 rings (SSSR count). The van der Waals surface area contributed by atoms with Gasteiger partial charge in [-0.2, -0.15) is 0 Å². The lowest BCUT2D eigenvalue weighted by molar-refractivity contribution is -0.150. The number of hydrazine groups is 1. The predicted octanol–water partition coefficient (Wildman–Crippen LogP) is 2.58. The van der Waals surface area contributed by atoms with Crippen LogP contribution in [0.15, 0.2) is 28.7 Å². The van der Waals surface area contributed by atoms with Gasteiger partial charge in [0, 0.05) is 10.9 Å². The minimum absolute atomic E-state index is 0.343. The average Bonchev–Trinajstić information content (AvgIpc) is 3.21. The maximum absolute atomic E-state index is 11.9. The Bertz CT molecular complexity index is 679. The summed E-state index contributed by atoms with van der Waals surface area (Å²) in [5.41, 5.74) is 4.95. The maximum atomic E-state index is 11.9. The van der Waals surface area contributed by atoms with Gasteiger partial charge in [0.05, 0.1) is 5.56 Å². The molecule has 7 heteroatoms. The van der Waals surface area contributed by atoms with Gasteiger partial charge < -0.3 is 4.74 Å².